The van der Waals surface area contributed by atoms with Crippen LogP contribution in [0.3, 0.4) is 0 Å². The van der Waals surface area contributed by atoms with Gasteiger partial charge in [-0.2, -0.15) is 0 Å². The van der Waals surface area contributed by atoms with Crippen LogP contribution in [0.1, 0.15) is 33.3 Å². The van der Waals surface area contributed by atoms with Crippen molar-refractivity contribution in [2.75, 3.05) is 24.5 Å². The highest BCUT2D eigenvalue weighted by atomic mass is 35.5. The second-order valence-corrected chi connectivity index (χ2v) is 7.67. The van der Waals surface area contributed by atoms with E-state index in [1.807, 2.05) is 39.8 Å². The molecule has 0 aliphatic carbocycles. The third kappa shape index (κ3) is 2.91. The highest BCUT2D eigenvalue weighted by Gasteiger charge is 2.45. The average Bonchev–Trinajstić information content (AvgIpc) is 2.67. The van der Waals surface area contributed by atoms with Crippen molar-refractivity contribution in [2.24, 2.45) is 0 Å². The van der Waals surface area contributed by atoms with Crippen LogP contribution < -0.4 is 4.90 Å². The van der Waals surface area contributed by atoms with Crippen molar-refractivity contribution in [3.8, 4) is 0 Å². The second kappa shape index (κ2) is 6.05. The SMILES string of the molecule is C[C@@H]1CN(C(=O)CN2C(=O)C(C)(C)c3cc(Cl)ccc32)C[C@@H](C)O1. The molecule has 0 spiro atoms. The van der Waals surface area contributed by atoms with Crippen molar-refractivity contribution in [2.45, 2.75) is 45.3 Å². The number of carbonyl (C=O) groups excluding carboxylic acids is 2. The monoisotopic (exact) mass is 350 g/mol. The van der Waals surface area contributed by atoms with Crippen LogP contribution in [-0.4, -0.2) is 48.6 Å². The molecular formula is C18H23ClN2O3. The van der Waals surface area contributed by atoms with Crippen molar-refractivity contribution in [3.05, 3.63) is 28.8 Å². The molecule has 0 N–H and O–H groups in total. The summed E-state index contributed by atoms with van der Waals surface area (Å²) in [5.74, 6) is -0.119. The number of amides is 2. The normalized spacial score (nSPS) is 25.8. The van der Waals surface area contributed by atoms with Gasteiger partial charge in [-0.15, -0.1) is 0 Å². The second-order valence-electron chi connectivity index (χ2n) is 7.23. The number of benzene rings is 1. The Morgan fingerprint density at radius 2 is 1.92 bits per heavy atom. The zero-order valence-corrected chi connectivity index (χ0v) is 15.3. The lowest BCUT2D eigenvalue weighted by molar-refractivity contribution is -0.142. The topological polar surface area (TPSA) is 49.9 Å². The van der Waals surface area contributed by atoms with E-state index in [1.54, 1.807) is 15.9 Å². The predicted octanol–water partition coefficient (Wildman–Crippen LogP) is 2.60. The number of rotatable bonds is 2. The summed E-state index contributed by atoms with van der Waals surface area (Å²) in [6.45, 7) is 8.82. The summed E-state index contributed by atoms with van der Waals surface area (Å²) in [6.07, 6.45) is 0.0176. The fourth-order valence-corrected chi connectivity index (χ4v) is 3.75. The lowest BCUT2D eigenvalue weighted by atomic mass is 9.86. The zero-order chi connectivity index (χ0) is 17.6. The van der Waals surface area contributed by atoms with Crippen molar-refractivity contribution < 1.29 is 14.3 Å². The summed E-state index contributed by atoms with van der Waals surface area (Å²) >= 11 is 6.09. The molecule has 3 rings (SSSR count). The van der Waals surface area contributed by atoms with E-state index >= 15 is 0 Å². The first kappa shape index (κ1) is 17.2. The Hall–Kier alpha value is -1.59. The van der Waals surface area contributed by atoms with Crippen LogP contribution in [0.25, 0.3) is 0 Å². The summed E-state index contributed by atoms with van der Waals surface area (Å²) in [5, 5.41) is 0.596. The van der Waals surface area contributed by atoms with E-state index in [-0.39, 0.29) is 30.6 Å². The van der Waals surface area contributed by atoms with E-state index < -0.39 is 5.41 Å². The number of hydrogen-bond donors (Lipinski definition) is 0. The van der Waals surface area contributed by atoms with E-state index in [4.69, 9.17) is 16.3 Å². The molecule has 0 radical (unpaired) electrons. The lowest BCUT2D eigenvalue weighted by Gasteiger charge is -2.36. The van der Waals surface area contributed by atoms with Crippen molar-refractivity contribution in [1.29, 1.82) is 0 Å². The maximum atomic E-state index is 12.8. The highest BCUT2D eigenvalue weighted by Crippen LogP contribution is 2.42. The lowest BCUT2D eigenvalue weighted by Crippen LogP contribution is -2.52. The van der Waals surface area contributed by atoms with E-state index in [1.165, 1.54) is 0 Å². The van der Waals surface area contributed by atoms with Crippen molar-refractivity contribution >= 4 is 29.1 Å². The molecule has 0 saturated carbocycles. The van der Waals surface area contributed by atoms with E-state index in [0.29, 0.717) is 18.1 Å². The predicted molar refractivity (Wildman–Crippen MR) is 93.4 cm³/mol. The fraction of sp³-hybridized carbons (Fsp3) is 0.556. The fourth-order valence-electron chi connectivity index (χ4n) is 3.58. The van der Waals surface area contributed by atoms with Crippen LogP contribution in [-0.2, 0) is 19.7 Å². The number of carbonyl (C=O) groups is 2. The molecule has 24 heavy (non-hydrogen) atoms. The molecule has 1 aromatic rings. The van der Waals surface area contributed by atoms with Crippen LogP contribution in [0, 0.1) is 0 Å². The Bertz CT molecular complexity index is 679. The summed E-state index contributed by atoms with van der Waals surface area (Å²) in [4.78, 5) is 28.9. The largest absolute Gasteiger partial charge is 0.372 e. The minimum absolute atomic E-state index is 0.00881. The van der Waals surface area contributed by atoms with Gasteiger partial charge in [-0.1, -0.05) is 11.6 Å². The first-order valence-electron chi connectivity index (χ1n) is 8.25. The molecule has 130 valence electrons. The van der Waals surface area contributed by atoms with Gasteiger partial charge in [0.15, 0.2) is 0 Å². The average molecular weight is 351 g/mol. The number of fused-ring (bicyclic) bond motifs is 1. The van der Waals surface area contributed by atoms with Gasteiger partial charge in [0.25, 0.3) is 0 Å². The number of hydrogen-bond acceptors (Lipinski definition) is 3. The van der Waals surface area contributed by atoms with Crippen LogP contribution in [0.15, 0.2) is 18.2 Å². The molecule has 2 aliphatic heterocycles. The van der Waals surface area contributed by atoms with Gasteiger partial charge in [0.2, 0.25) is 11.8 Å². The van der Waals surface area contributed by atoms with Gasteiger partial charge in [0, 0.05) is 23.8 Å². The van der Waals surface area contributed by atoms with Crippen LogP contribution in [0.5, 0.6) is 0 Å². The molecule has 0 bridgehead atoms. The van der Waals surface area contributed by atoms with Crippen molar-refractivity contribution in [1.82, 2.24) is 4.90 Å². The minimum Gasteiger partial charge on any atom is -0.372 e. The molecule has 5 nitrogen and oxygen atoms in total. The molecule has 2 aliphatic rings. The molecule has 6 heteroatoms. The molecule has 1 fully saturated rings. The molecule has 1 saturated heterocycles. The Kier molecular flexibility index (Phi) is 4.34. The minimum atomic E-state index is -0.674. The van der Waals surface area contributed by atoms with E-state index in [2.05, 4.69) is 0 Å². The molecule has 0 unspecified atom stereocenters. The first-order chi connectivity index (χ1) is 11.2. The Morgan fingerprint density at radius 3 is 2.54 bits per heavy atom. The Labute approximate surface area is 147 Å². The maximum Gasteiger partial charge on any atom is 0.242 e. The van der Waals surface area contributed by atoms with Crippen LogP contribution in [0.4, 0.5) is 5.69 Å². The molecule has 0 aromatic heterocycles. The third-order valence-electron chi connectivity index (χ3n) is 4.77. The van der Waals surface area contributed by atoms with Gasteiger partial charge >= 0.3 is 0 Å². The first-order valence-corrected chi connectivity index (χ1v) is 8.63. The number of ether oxygens (including phenoxy) is 1. The number of morpholine rings is 1. The smallest absolute Gasteiger partial charge is 0.242 e. The summed E-state index contributed by atoms with van der Waals surface area (Å²) in [6, 6.07) is 5.39. The third-order valence-corrected chi connectivity index (χ3v) is 5.00. The van der Waals surface area contributed by atoms with Crippen LogP contribution in [0.2, 0.25) is 5.02 Å². The van der Waals surface area contributed by atoms with Gasteiger partial charge in [-0.05, 0) is 51.5 Å². The van der Waals surface area contributed by atoms with E-state index in [9.17, 15) is 9.59 Å². The number of halogens is 1. The molecule has 2 amide bonds. The summed E-state index contributed by atoms with van der Waals surface area (Å²) < 4.78 is 5.67. The van der Waals surface area contributed by atoms with Crippen molar-refractivity contribution in [3.63, 3.8) is 0 Å². The Morgan fingerprint density at radius 1 is 1.29 bits per heavy atom. The number of nitrogens with zero attached hydrogens (tertiary/aromatic N) is 2. The quantitative estimate of drug-likeness (QED) is 0.823. The molecular weight excluding hydrogens is 328 g/mol. The molecule has 1 aromatic carbocycles. The maximum absolute atomic E-state index is 12.8. The summed E-state index contributed by atoms with van der Waals surface area (Å²) in [7, 11) is 0. The van der Waals surface area contributed by atoms with Gasteiger partial charge in [0.1, 0.15) is 6.54 Å². The Balaban J connectivity index is 1.83. The molecule has 2 heterocycles. The van der Waals surface area contributed by atoms with Gasteiger partial charge in [-0.25, -0.2) is 0 Å². The summed E-state index contributed by atoms with van der Waals surface area (Å²) in [5.41, 5.74) is 0.972. The van der Waals surface area contributed by atoms with E-state index in [0.717, 1.165) is 11.3 Å². The van der Waals surface area contributed by atoms with Gasteiger partial charge in [-0.3, -0.25) is 9.59 Å². The van der Waals surface area contributed by atoms with Crippen LogP contribution >= 0.6 is 11.6 Å². The zero-order valence-electron chi connectivity index (χ0n) is 14.5. The standard InChI is InChI=1S/C18H23ClN2O3/c1-11-8-20(9-12(2)24-11)16(22)10-21-15-6-5-13(19)7-14(15)18(3,4)17(21)23/h5-7,11-12H,8-10H2,1-4H3/t11-,12-/m1/s1. The molecule has 2 atom stereocenters. The van der Waals surface area contributed by atoms with Gasteiger partial charge in [0.05, 0.1) is 17.6 Å². The van der Waals surface area contributed by atoms with Gasteiger partial charge < -0.3 is 14.5 Å². The number of anilines is 1. The highest BCUT2D eigenvalue weighted by molar-refractivity contribution is 6.31.